The topological polar surface area (TPSA) is 52.0 Å². The van der Waals surface area contributed by atoms with Crippen LogP contribution in [0.25, 0.3) is 0 Å². The van der Waals surface area contributed by atoms with Crippen LogP contribution in [0.3, 0.4) is 0 Å². The second kappa shape index (κ2) is 7.40. The first-order chi connectivity index (χ1) is 8.26. The van der Waals surface area contributed by atoms with Crippen molar-refractivity contribution >= 4 is 0 Å². The first kappa shape index (κ1) is 14.1. The minimum Gasteiger partial charge on any atom is -0.382 e. The first-order valence-electron chi connectivity index (χ1n) is 6.40. The summed E-state index contributed by atoms with van der Waals surface area (Å²) >= 11 is 0. The van der Waals surface area contributed by atoms with Crippen molar-refractivity contribution in [2.75, 3.05) is 26.8 Å². The Morgan fingerprint density at radius 3 is 2.59 bits per heavy atom. The highest BCUT2D eigenvalue weighted by Crippen LogP contribution is 2.10. The number of likely N-dealkylation sites (N-methyl/N-ethyl adjacent to an activating group) is 1. The normalized spacial score (nSPS) is 12.9. The lowest BCUT2D eigenvalue weighted by molar-refractivity contribution is 0.146. The van der Waals surface area contributed by atoms with Crippen molar-refractivity contribution in [2.24, 2.45) is 0 Å². The Kier molecular flexibility index (Phi) is 6.15. The fourth-order valence-corrected chi connectivity index (χ4v) is 1.81. The first-order valence-corrected chi connectivity index (χ1v) is 6.40. The van der Waals surface area contributed by atoms with E-state index in [4.69, 9.17) is 4.74 Å². The van der Waals surface area contributed by atoms with E-state index in [0.29, 0.717) is 6.61 Å². The lowest BCUT2D eigenvalue weighted by Gasteiger charge is -2.18. The SMILES string of the molecule is CCNCC(COC)n1nc(CC)nc1CC. The van der Waals surface area contributed by atoms with E-state index in [0.717, 1.165) is 37.6 Å². The number of aromatic nitrogens is 3. The molecule has 98 valence electrons. The molecule has 1 N–H and O–H groups in total. The van der Waals surface area contributed by atoms with Crippen molar-refractivity contribution in [1.82, 2.24) is 20.1 Å². The van der Waals surface area contributed by atoms with E-state index < -0.39 is 0 Å². The van der Waals surface area contributed by atoms with Gasteiger partial charge >= 0.3 is 0 Å². The summed E-state index contributed by atoms with van der Waals surface area (Å²) in [5, 5.41) is 7.90. The summed E-state index contributed by atoms with van der Waals surface area (Å²) in [5.41, 5.74) is 0. The van der Waals surface area contributed by atoms with Gasteiger partial charge in [0.25, 0.3) is 0 Å². The van der Waals surface area contributed by atoms with Gasteiger partial charge in [-0.05, 0) is 6.54 Å². The summed E-state index contributed by atoms with van der Waals surface area (Å²) in [5.74, 6) is 1.96. The molecule has 0 amide bonds. The maximum Gasteiger partial charge on any atom is 0.150 e. The molecule has 0 radical (unpaired) electrons. The molecule has 0 aliphatic heterocycles. The number of rotatable bonds is 8. The molecular weight excluding hydrogens is 216 g/mol. The quantitative estimate of drug-likeness (QED) is 0.742. The van der Waals surface area contributed by atoms with Crippen LogP contribution in [0.1, 0.15) is 38.5 Å². The monoisotopic (exact) mass is 240 g/mol. The predicted molar refractivity (Wildman–Crippen MR) is 68.2 cm³/mol. The minimum atomic E-state index is 0.225. The zero-order valence-electron chi connectivity index (χ0n) is 11.4. The fraction of sp³-hybridized carbons (Fsp3) is 0.833. The van der Waals surface area contributed by atoms with Crippen molar-refractivity contribution in [3.63, 3.8) is 0 Å². The van der Waals surface area contributed by atoms with Crippen molar-refractivity contribution in [2.45, 2.75) is 39.7 Å². The summed E-state index contributed by atoms with van der Waals surface area (Å²) in [6, 6.07) is 0.225. The van der Waals surface area contributed by atoms with E-state index >= 15 is 0 Å². The number of aryl methyl sites for hydroxylation is 2. The lowest BCUT2D eigenvalue weighted by Crippen LogP contribution is -2.30. The van der Waals surface area contributed by atoms with E-state index in [-0.39, 0.29) is 6.04 Å². The standard InChI is InChI=1S/C12H24N4O/c1-5-11-14-12(6-2)16(15-11)10(9-17-4)8-13-7-3/h10,13H,5-9H2,1-4H3. The zero-order valence-corrected chi connectivity index (χ0v) is 11.4. The molecule has 0 aromatic carbocycles. The summed E-state index contributed by atoms with van der Waals surface area (Å²) < 4.78 is 7.29. The molecule has 0 saturated carbocycles. The predicted octanol–water partition coefficient (Wildman–Crippen LogP) is 1.20. The third-order valence-corrected chi connectivity index (χ3v) is 2.71. The molecule has 1 aromatic rings. The second-order valence-electron chi connectivity index (χ2n) is 4.01. The van der Waals surface area contributed by atoms with E-state index in [2.05, 4.69) is 36.2 Å². The van der Waals surface area contributed by atoms with Gasteiger partial charge in [0.2, 0.25) is 0 Å². The molecule has 0 bridgehead atoms. The largest absolute Gasteiger partial charge is 0.382 e. The average molecular weight is 240 g/mol. The van der Waals surface area contributed by atoms with Crippen LogP contribution in [0.4, 0.5) is 0 Å². The molecule has 0 fully saturated rings. The molecule has 0 spiro atoms. The van der Waals surface area contributed by atoms with Crippen LogP contribution in [-0.2, 0) is 17.6 Å². The molecule has 1 atom stereocenters. The Balaban J connectivity index is 2.86. The molecule has 0 aliphatic carbocycles. The lowest BCUT2D eigenvalue weighted by atomic mass is 10.3. The highest BCUT2D eigenvalue weighted by molar-refractivity contribution is 4.95. The van der Waals surface area contributed by atoms with Crippen LogP contribution < -0.4 is 5.32 Å². The summed E-state index contributed by atoms with van der Waals surface area (Å²) in [6.45, 7) is 8.77. The summed E-state index contributed by atoms with van der Waals surface area (Å²) in [6.07, 6.45) is 1.78. The third kappa shape index (κ3) is 3.78. The fourth-order valence-electron chi connectivity index (χ4n) is 1.81. The van der Waals surface area contributed by atoms with Crippen LogP contribution in [-0.4, -0.2) is 41.6 Å². The number of nitrogens with zero attached hydrogens (tertiary/aromatic N) is 3. The molecule has 17 heavy (non-hydrogen) atoms. The Bertz CT molecular complexity index is 324. The van der Waals surface area contributed by atoms with Gasteiger partial charge in [-0.2, -0.15) is 5.10 Å². The minimum absolute atomic E-state index is 0.225. The Hall–Kier alpha value is -0.940. The smallest absolute Gasteiger partial charge is 0.150 e. The Morgan fingerprint density at radius 1 is 1.29 bits per heavy atom. The van der Waals surface area contributed by atoms with Gasteiger partial charge in [-0.15, -0.1) is 0 Å². The van der Waals surface area contributed by atoms with Gasteiger partial charge in [-0.25, -0.2) is 9.67 Å². The van der Waals surface area contributed by atoms with Crippen LogP contribution in [0.2, 0.25) is 0 Å². The van der Waals surface area contributed by atoms with Crippen LogP contribution >= 0.6 is 0 Å². The van der Waals surface area contributed by atoms with Gasteiger partial charge < -0.3 is 10.1 Å². The summed E-state index contributed by atoms with van der Waals surface area (Å²) in [4.78, 5) is 4.53. The number of nitrogens with one attached hydrogen (secondary N) is 1. The van der Waals surface area contributed by atoms with Gasteiger partial charge in [0.1, 0.15) is 5.82 Å². The van der Waals surface area contributed by atoms with Crippen LogP contribution in [0.5, 0.6) is 0 Å². The van der Waals surface area contributed by atoms with Crippen molar-refractivity contribution in [3.8, 4) is 0 Å². The third-order valence-electron chi connectivity index (χ3n) is 2.71. The maximum absolute atomic E-state index is 5.27. The summed E-state index contributed by atoms with van der Waals surface area (Å²) in [7, 11) is 1.72. The van der Waals surface area contributed by atoms with Crippen molar-refractivity contribution < 1.29 is 4.74 Å². The molecular formula is C12H24N4O. The highest BCUT2D eigenvalue weighted by atomic mass is 16.5. The van der Waals surface area contributed by atoms with Gasteiger partial charge in [0.15, 0.2) is 5.82 Å². The van der Waals surface area contributed by atoms with E-state index in [1.54, 1.807) is 7.11 Å². The molecule has 1 heterocycles. The number of methoxy groups -OCH3 is 1. The van der Waals surface area contributed by atoms with Gasteiger partial charge in [-0.1, -0.05) is 20.8 Å². The second-order valence-corrected chi connectivity index (χ2v) is 4.01. The highest BCUT2D eigenvalue weighted by Gasteiger charge is 2.16. The van der Waals surface area contributed by atoms with E-state index in [1.807, 2.05) is 4.68 Å². The number of hydrogen-bond donors (Lipinski definition) is 1. The zero-order chi connectivity index (χ0) is 12.7. The Labute approximate surface area is 104 Å². The van der Waals surface area contributed by atoms with E-state index in [9.17, 15) is 0 Å². The molecule has 5 heteroatoms. The molecule has 1 unspecified atom stereocenters. The van der Waals surface area contributed by atoms with Gasteiger partial charge in [0, 0.05) is 26.5 Å². The van der Waals surface area contributed by atoms with Crippen LogP contribution in [0.15, 0.2) is 0 Å². The van der Waals surface area contributed by atoms with Crippen LogP contribution in [0, 0.1) is 0 Å². The maximum atomic E-state index is 5.27. The molecule has 0 aliphatic rings. The van der Waals surface area contributed by atoms with Crippen molar-refractivity contribution in [1.29, 1.82) is 0 Å². The molecule has 5 nitrogen and oxygen atoms in total. The molecule has 0 saturated heterocycles. The Morgan fingerprint density at radius 2 is 2.06 bits per heavy atom. The van der Waals surface area contributed by atoms with Gasteiger partial charge in [0.05, 0.1) is 12.6 Å². The number of ether oxygens (including phenoxy) is 1. The van der Waals surface area contributed by atoms with Crippen molar-refractivity contribution in [3.05, 3.63) is 11.6 Å². The molecule has 1 aromatic heterocycles. The van der Waals surface area contributed by atoms with E-state index in [1.165, 1.54) is 0 Å². The number of hydrogen-bond acceptors (Lipinski definition) is 4. The molecule has 1 rings (SSSR count). The van der Waals surface area contributed by atoms with Gasteiger partial charge in [-0.3, -0.25) is 0 Å². The average Bonchev–Trinajstić information content (AvgIpc) is 2.77.